The number of carbonyl (C=O) groups excluding carboxylic acids is 1. The van der Waals surface area contributed by atoms with Gasteiger partial charge in [-0.1, -0.05) is 26.7 Å². The van der Waals surface area contributed by atoms with E-state index in [4.69, 9.17) is 5.73 Å². The standard InChI is InChI=1S/C14H22FN3O/c1-3-6-14(10-16,7-4-2)13(19)18-12-5-8-17-9-11(12)15/h5,8-9H,3-4,6-7,10,16H2,1-2H3,(H,17,18,19). The number of nitrogens with zero attached hydrogens (tertiary/aromatic N) is 1. The third-order valence-electron chi connectivity index (χ3n) is 3.35. The molecule has 1 rings (SSSR count). The van der Waals surface area contributed by atoms with Crippen LogP contribution in [0.25, 0.3) is 0 Å². The molecule has 0 atom stereocenters. The Bertz CT molecular complexity index is 417. The molecule has 3 N–H and O–H groups in total. The molecule has 5 heteroatoms. The Hall–Kier alpha value is -1.49. The van der Waals surface area contributed by atoms with Gasteiger partial charge in [0.15, 0.2) is 5.82 Å². The van der Waals surface area contributed by atoms with Crippen LogP contribution in [0.2, 0.25) is 0 Å². The average Bonchev–Trinajstić information content (AvgIpc) is 2.41. The summed E-state index contributed by atoms with van der Waals surface area (Å²) in [6.07, 6.45) is 5.67. The van der Waals surface area contributed by atoms with Crippen molar-refractivity contribution >= 4 is 11.6 Å². The Kier molecular flexibility index (Phi) is 5.89. The van der Waals surface area contributed by atoms with Crippen molar-refractivity contribution in [3.63, 3.8) is 0 Å². The number of hydrogen-bond donors (Lipinski definition) is 2. The molecule has 0 aliphatic heterocycles. The number of pyridine rings is 1. The summed E-state index contributed by atoms with van der Waals surface area (Å²) in [5, 5.41) is 2.64. The van der Waals surface area contributed by atoms with E-state index < -0.39 is 11.2 Å². The molecule has 0 aliphatic rings. The molecule has 19 heavy (non-hydrogen) atoms. The number of anilines is 1. The van der Waals surface area contributed by atoms with Gasteiger partial charge in [-0.2, -0.15) is 0 Å². The van der Waals surface area contributed by atoms with Crippen LogP contribution in [0.15, 0.2) is 18.5 Å². The number of halogens is 1. The largest absolute Gasteiger partial charge is 0.329 e. The molecule has 106 valence electrons. The van der Waals surface area contributed by atoms with E-state index in [0.29, 0.717) is 12.8 Å². The van der Waals surface area contributed by atoms with Gasteiger partial charge in [-0.15, -0.1) is 0 Å². The lowest BCUT2D eigenvalue weighted by Gasteiger charge is -2.30. The highest BCUT2D eigenvalue weighted by atomic mass is 19.1. The van der Waals surface area contributed by atoms with Crippen molar-refractivity contribution in [2.24, 2.45) is 11.1 Å². The number of amides is 1. The number of nitrogens with two attached hydrogens (primary N) is 1. The Morgan fingerprint density at radius 2 is 2.05 bits per heavy atom. The fraction of sp³-hybridized carbons (Fsp3) is 0.571. The van der Waals surface area contributed by atoms with Crippen LogP contribution >= 0.6 is 0 Å². The highest BCUT2D eigenvalue weighted by Crippen LogP contribution is 2.30. The fourth-order valence-electron chi connectivity index (χ4n) is 2.34. The maximum Gasteiger partial charge on any atom is 0.231 e. The first-order chi connectivity index (χ1) is 9.09. The normalized spacial score (nSPS) is 11.4. The van der Waals surface area contributed by atoms with Crippen LogP contribution in [0.4, 0.5) is 10.1 Å². The van der Waals surface area contributed by atoms with Crippen LogP contribution in [0.1, 0.15) is 39.5 Å². The van der Waals surface area contributed by atoms with Crippen molar-refractivity contribution in [1.82, 2.24) is 4.98 Å². The topological polar surface area (TPSA) is 68.0 Å². The SMILES string of the molecule is CCCC(CN)(CCC)C(=O)Nc1ccncc1F. The first kappa shape index (κ1) is 15.6. The molecular formula is C14H22FN3O. The summed E-state index contributed by atoms with van der Waals surface area (Å²) in [5.74, 6) is -0.737. The van der Waals surface area contributed by atoms with Gasteiger partial charge in [0.05, 0.1) is 17.3 Å². The third kappa shape index (κ3) is 3.73. The van der Waals surface area contributed by atoms with E-state index in [0.717, 1.165) is 19.0 Å². The molecule has 0 spiro atoms. The molecule has 4 nitrogen and oxygen atoms in total. The average molecular weight is 267 g/mol. The first-order valence-corrected chi connectivity index (χ1v) is 6.70. The van der Waals surface area contributed by atoms with Crippen molar-refractivity contribution in [2.75, 3.05) is 11.9 Å². The maximum atomic E-state index is 13.5. The summed E-state index contributed by atoms with van der Waals surface area (Å²) >= 11 is 0. The highest BCUT2D eigenvalue weighted by molar-refractivity contribution is 5.95. The summed E-state index contributed by atoms with van der Waals surface area (Å²) in [4.78, 5) is 16.1. The zero-order valence-corrected chi connectivity index (χ0v) is 11.6. The molecule has 0 aliphatic carbocycles. The number of aromatic nitrogens is 1. The van der Waals surface area contributed by atoms with Crippen LogP contribution in [0.3, 0.4) is 0 Å². The van der Waals surface area contributed by atoms with E-state index >= 15 is 0 Å². The summed E-state index contributed by atoms with van der Waals surface area (Å²) in [6.45, 7) is 4.30. The Morgan fingerprint density at radius 1 is 1.42 bits per heavy atom. The van der Waals surface area contributed by atoms with Crippen LogP contribution in [-0.2, 0) is 4.79 Å². The highest BCUT2D eigenvalue weighted by Gasteiger charge is 2.35. The quantitative estimate of drug-likeness (QED) is 0.798. The molecule has 1 aromatic rings. The molecule has 1 heterocycles. The minimum absolute atomic E-state index is 0.157. The number of carbonyl (C=O) groups is 1. The number of rotatable bonds is 7. The Labute approximate surface area is 113 Å². The molecule has 1 amide bonds. The number of nitrogens with one attached hydrogen (secondary N) is 1. The van der Waals surface area contributed by atoms with Gasteiger partial charge in [-0.25, -0.2) is 4.39 Å². The monoisotopic (exact) mass is 267 g/mol. The van der Waals surface area contributed by atoms with Crippen molar-refractivity contribution in [3.05, 3.63) is 24.3 Å². The Morgan fingerprint density at radius 3 is 2.53 bits per heavy atom. The lowest BCUT2D eigenvalue weighted by molar-refractivity contribution is -0.126. The van der Waals surface area contributed by atoms with E-state index in [9.17, 15) is 9.18 Å². The van der Waals surface area contributed by atoms with Gasteiger partial charge in [0, 0.05) is 12.7 Å². The van der Waals surface area contributed by atoms with Gasteiger partial charge in [-0.05, 0) is 18.9 Å². The predicted molar refractivity (Wildman–Crippen MR) is 74.1 cm³/mol. The minimum atomic E-state index is -0.612. The second kappa shape index (κ2) is 7.19. The zero-order valence-electron chi connectivity index (χ0n) is 11.6. The second-order valence-corrected chi connectivity index (χ2v) is 4.79. The van der Waals surface area contributed by atoms with Crippen LogP contribution < -0.4 is 11.1 Å². The molecule has 0 saturated carbocycles. The van der Waals surface area contributed by atoms with Crippen molar-refractivity contribution in [2.45, 2.75) is 39.5 Å². The molecule has 0 fully saturated rings. The molecule has 0 saturated heterocycles. The van der Waals surface area contributed by atoms with Crippen LogP contribution in [0, 0.1) is 11.2 Å². The van der Waals surface area contributed by atoms with Crippen LogP contribution in [-0.4, -0.2) is 17.4 Å². The smallest absolute Gasteiger partial charge is 0.231 e. The van der Waals surface area contributed by atoms with E-state index in [2.05, 4.69) is 10.3 Å². The maximum absolute atomic E-state index is 13.5. The van der Waals surface area contributed by atoms with Gasteiger partial charge < -0.3 is 11.1 Å². The molecule has 1 aromatic heterocycles. The van der Waals surface area contributed by atoms with Gasteiger partial charge >= 0.3 is 0 Å². The second-order valence-electron chi connectivity index (χ2n) is 4.79. The van der Waals surface area contributed by atoms with Crippen molar-refractivity contribution in [1.29, 1.82) is 0 Å². The summed E-state index contributed by atoms with van der Waals surface area (Å²) in [6, 6.07) is 1.45. The predicted octanol–water partition coefficient (Wildman–Crippen LogP) is 2.70. The molecule has 0 bridgehead atoms. The lowest BCUT2D eigenvalue weighted by Crippen LogP contribution is -2.42. The summed E-state index contributed by atoms with van der Waals surface area (Å²) in [7, 11) is 0. The third-order valence-corrected chi connectivity index (χ3v) is 3.35. The molecule has 0 unspecified atom stereocenters. The van der Waals surface area contributed by atoms with E-state index in [1.165, 1.54) is 12.3 Å². The minimum Gasteiger partial charge on any atom is -0.329 e. The number of hydrogen-bond acceptors (Lipinski definition) is 3. The van der Waals surface area contributed by atoms with E-state index in [1.54, 1.807) is 0 Å². The fourth-order valence-corrected chi connectivity index (χ4v) is 2.34. The van der Waals surface area contributed by atoms with Gasteiger partial charge in [0.25, 0.3) is 0 Å². The van der Waals surface area contributed by atoms with Crippen LogP contribution in [0.5, 0.6) is 0 Å². The van der Waals surface area contributed by atoms with E-state index in [1.807, 2.05) is 13.8 Å². The van der Waals surface area contributed by atoms with Gasteiger partial charge in [0.2, 0.25) is 5.91 Å². The molecule has 0 radical (unpaired) electrons. The summed E-state index contributed by atoms with van der Waals surface area (Å²) in [5.41, 5.74) is 5.35. The van der Waals surface area contributed by atoms with Gasteiger partial charge in [-0.3, -0.25) is 9.78 Å². The van der Waals surface area contributed by atoms with E-state index in [-0.39, 0.29) is 18.1 Å². The van der Waals surface area contributed by atoms with Crippen molar-refractivity contribution < 1.29 is 9.18 Å². The lowest BCUT2D eigenvalue weighted by atomic mass is 9.78. The molecular weight excluding hydrogens is 245 g/mol. The van der Waals surface area contributed by atoms with Gasteiger partial charge in [0.1, 0.15) is 0 Å². The van der Waals surface area contributed by atoms with Crippen molar-refractivity contribution in [3.8, 4) is 0 Å². The Balaban J connectivity index is 2.91. The first-order valence-electron chi connectivity index (χ1n) is 6.70. The molecule has 0 aromatic carbocycles. The zero-order chi connectivity index (χ0) is 14.3. The summed E-state index contributed by atoms with van der Waals surface area (Å²) < 4.78 is 13.5.